The zero-order chi connectivity index (χ0) is 23.2. The Bertz CT molecular complexity index is 1080. The van der Waals surface area contributed by atoms with E-state index in [1.165, 1.54) is 0 Å². The van der Waals surface area contributed by atoms with Gasteiger partial charge in [-0.05, 0) is 23.3 Å². The van der Waals surface area contributed by atoms with Crippen molar-refractivity contribution in [3.8, 4) is 0 Å². The number of benzene rings is 3. The van der Waals surface area contributed by atoms with E-state index in [4.69, 9.17) is 23.2 Å². The van der Waals surface area contributed by atoms with Crippen LogP contribution in [0.2, 0.25) is 10.0 Å². The van der Waals surface area contributed by atoms with Gasteiger partial charge in [0, 0.05) is 32.7 Å². The van der Waals surface area contributed by atoms with Crippen molar-refractivity contribution in [3.05, 3.63) is 106 Å². The van der Waals surface area contributed by atoms with Crippen LogP contribution >= 0.6 is 23.2 Å². The van der Waals surface area contributed by atoms with Gasteiger partial charge < -0.3 is 10.2 Å². The number of hydrogen-bond acceptors (Lipinski definition) is 3. The maximum atomic E-state index is 13.3. The average molecular weight is 482 g/mol. The van der Waals surface area contributed by atoms with Crippen LogP contribution in [0.5, 0.6) is 0 Å². The highest BCUT2D eigenvalue weighted by molar-refractivity contribution is 6.39. The molecule has 1 atom stereocenters. The minimum absolute atomic E-state index is 0.0565. The van der Waals surface area contributed by atoms with Crippen molar-refractivity contribution in [2.24, 2.45) is 0 Å². The van der Waals surface area contributed by atoms with Crippen LogP contribution in [0, 0.1) is 0 Å². The van der Waals surface area contributed by atoms with Gasteiger partial charge in [-0.15, -0.1) is 0 Å². The predicted octanol–water partition coefficient (Wildman–Crippen LogP) is 4.81. The molecule has 2 amide bonds. The van der Waals surface area contributed by atoms with Crippen molar-refractivity contribution in [2.45, 2.75) is 12.6 Å². The third-order valence-electron chi connectivity index (χ3n) is 5.82. The molecule has 1 unspecified atom stereocenters. The third kappa shape index (κ3) is 5.56. The minimum Gasteiger partial charge on any atom is -0.350 e. The summed E-state index contributed by atoms with van der Waals surface area (Å²) in [6.45, 7) is 2.55. The number of nitrogens with zero attached hydrogens (tertiary/aromatic N) is 2. The molecule has 0 saturated carbocycles. The van der Waals surface area contributed by atoms with Gasteiger partial charge in [0.2, 0.25) is 5.91 Å². The van der Waals surface area contributed by atoms with Crippen molar-refractivity contribution in [1.29, 1.82) is 0 Å². The molecule has 4 rings (SSSR count). The van der Waals surface area contributed by atoms with Gasteiger partial charge in [0.25, 0.3) is 5.91 Å². The number of halogens is 2. The second-order valence-corrected chi connectivity index (χ2v) is 8.76. The van der Waals surface area contributed by atoms with Crippen LogP contribution in [0.1, 0.15) is 27.5 Å². The van der Waals surface area contributed by atoms with Crippen LogP contribution in [0.25, 0.3) is 0 Å². The zero-order valence-corrected chi connectivity index (χ0v) is 19.6. The first-order valence-electron chi connectivity index (χ1n) is 10.9. The Morgan fingerprint density at radius 1 is 0.788 bits per heavy atom. The van der Waals surface area contributed by atoms with Gasteiger partial charge in [-0.25, -0.2) is 0 Å². The second kappa shape index (κ2) is 10.8. The highest BCUT2D eigenvalue weighted by Gasteiger charge is 2.32. The van der Waals surface area contributed by atoms with Gasteiger partial charge >= 0.3 is 0 Å². The Labute approximate surface area is 203 Å². The maximum Gasteiger partial charge on any atom is 0.256 e. The number of amides is 2. The number of carbonyl (C=O) groups excluding carboxylic acids is 2. The molecule has 1 saturated heterocycles. The summed E-state index contributed by atoms with van der Waals surface area (Å²) in [5.74, 6) is -0.242. The quantitative estimate of drug-likeness (QED) is 0.549. The fraction of sp³-hybridized carbons (Fsp3) is 0.231. The van der Waals surface area contributed by atoms with Crippen LogP contribution < -0.4 is 5.32 Å². The largest absolute Gasteiger partial charge is 0.350 e. The molecule has 7 heteroatoms. The van der Waals surface area contributed by atoms with E-state index in [2.05, 4.69) is 10.2 Å². The number of rotatable bonds is 6. The molecule has 0 aliphatic carbocycles. The van der Waals surface area contributed by atoms with Crippen molar-refractivity contribution in [3.63, 3.8) is 0 Å². The molecular formula is C26H25Cl2N3O2. The molecule has 1 fully saturated rings. The highest BCUT2D eigenvalue weighted by atomic mass is 35.5. The van der Waals surface area contributed by atoms with Gasteiger partial charge in [-0.3, -0.25) is 14.5 Å². The number of hydrogen-bond donors (Lipinski definition) is 1. The number of nitrogens with one attached hydrogen (secondary N) is 1. The lowest BCUT2D eigenvalue weighted by Crippen LogP contribution is -2.52. The number of piperazine rings is 1. The lowest BCUT2D eigenvalue weighted by atomic mass is 10.0. The molecule has 1 heterocycles. The van der Waals surface area contributed by atoms with E-state index in [0.717, 1.165) is 11.1 Å². The van der Waals surface area contributed by atoms with Crippen LogP contribution in [0.15, 0.2) is 78.9 Å². The molecule has 0 bridgehead atoms. The third-order valence-corrected chi connectivity index (χ3v) is 6.45. The molecule has 0 spiro atoms. The van der Waals surface area contributed by atoms with Crippen molar-refractivity contribution < 1.29 is 9.59 Å². The molecule has 1 aliphatic rings. The first kappa shape index (κ1) is 23.3. The summed E-state index contributed by atoms with van der Waals surface area (Å²) in [4.78, 5) is 30.2. The van der Waals surface area contributed by atoms with Gasteiger partial charge in [-0.1, -0.05) is 89.9 Å². The fourth-order valence-electron chi connectivity index (χ4n) is 4.09. The van der Waals surface area contributed by atoms with Crippen molar-refractivity contribution in [1.82, 2.24) is 15.1 Å². The van der Waals surface area contributed by atoms with Gasteiger partial charge in [-0.2, -0.15) is 0 Å². The highest BCUT2D eigenvalue weighted by Crippen LogP contribution is 2.28. The Balaban J connectivity index is 1.46. The molecule has 3 aromatic rings. The van der Waals surface area contributed by atoms with Crippen LogP contribution in [0.3, 0.4) is 0 Å². The Morgan fingerprint density at radius 2 is 1.36 bits per heavy atom. The molecule has 5 nitrogen and oxygen atoms in total. The smallest absolute Gasteiger partial charge is 0.256 e. The van der Waals surface area contributed by atoms with Crippen LogP contribution in [-0.4, -0.2) is 47.8 Å². The molecule has 1 aliphatic heterocycles. The Hall–Kier alpha value is -2.86. The molecule has 0 radical (unpaired) electrons. The van der Waals surface area contributed by atoms with E-state index >= 15 is 0 Å². The van der Waals surface area contributed by atoms with Crippen LogP contribution in [0.4, 0.5) is 0 Å². The standard InChI is InChI=1S/C26H25Cl2N3O2/c27-21-12-7-13-22(28)23(21)26(33)31-16-14-30(15-17-31)24(20-10-5-2-6-11-20)25(32)29-18-19-8-3-1-4-9-19/h1-13,24H,14-18H2,(H,29,32). The summed E-state index contributed by atoms with van der Waals surface area (Å²) < 4.78 is 0. The lowest BCUT2D eigenvalue weighted by Gasteiger charge is -2.39. The summed E-state index contributed by atoms with van der Waals surface area (Å²) >= 11 is 12.5. The van der Waals surface area contributed by atoms with Crippen molar-refractivity contribution >= 4 is 35.0 Å². The SMILES string of the molecule is O=C(NCc1ccccc1)C(c1ccccc1)N1CCN(C(=O)c2c(Cl)cccc2Cl)CC1. The monoisotopic (exact) mass is 481 g/mol. The molecule has 33 heavy (non-hydrogen) atoms. The van der Waals surface area contributed by atoms with Gasteiger partial charge in [0.1, 0.15) is 6.04 Å². The molecular weight excluding hydrogens is 457 g/mol. The first-order chi connectivity index (χ1) is 16.0. The summed E-state index contributed by atoms with van der Waals surface area (Å²) in [6, 6.07) is 24.2. The van der Waals surface area contributed by atoms with Gasteiger partial charge in [0.05, 0.1) is 15.6 Å². The summed E-state index contributed by atoms with van der Waals surface area (Å²) in [6.07, 6.45) is 0. The number of carbonyl (C=O) groups is 2. The first-order valence-corrected chi connectivity index (χ1v) is 11.6. The van der Waals surface area contributed by atoms with Crippen molar-refractivity contribution in [2.75, 3.05) is 26.2 Å². The lowest BCUT2D eigenvalue weighted by molar-refractivity contribution is -0.127. The Morgan fingerprint density at radius 3 is 1.97 bits per heavy atom. The molecule has 0 aromatic heterocycles. The zero-order valence-electron chi connectivity index (χ0n) is 18.1. The van der Waals surface area contributed by atoms with E-state index in [1.54, 1.807) is 23.1 Å². The summed E-state index contributed by atoms with van der Waals surface area (Å²) in [5, 5.41) is 3.76. The predicted molar refractivity (Wildman–Crippen MR) is 131 cm³/mol. The average Bonchev–Trinajstić information content (AvgIpc) is 2.84. The molecule has 170 valence electrons. The van der Waals surface area contributed by atoms with E-state index in [0.29, 0.717) is 48.3 Å². The molecule has 3 aromatic carbocycles. The van der Waals surface area contributed by atoms with E-state index in [-0.39, 0.29) is 11.8 Å². The Kier molecular flexibility index (Phi) is 7.65. The van der Waals surface area contributed by atoms with Gasteiger partial charge in [0.15, 0.2) is 0 Å². The van der Waals surface area contributed by atoms with E-state index in [1.807, 2.05) is 60.7 Å². The van der Waals surface area contributed by atoms with E-state index < -0.39 is 6.04 Å². The summed E-state index contributed by atoms with van der Waals surface area (Å²) in [5.41, 5.74) is 2.30. The minimum atomic E-state index is -0.434. The fourth-order valence-corrected chi connectivity index (χ4v) is 4.65. The van der Waals surface area contributed by atoms with Crippen LogP contribution in [-0.2, 0) is 11.3 Å². The second-order valence-electron chi connectivity index (χ2n) is 7.94. The van der Waals surface area contributed by atoms with E-state index in [9.17, 15) is 9.59 Å². The topological polar surface area (TPSA) is 52.7 Å². The summed E-state index contributed by atoms with van der Waals surface area (Å²) in [7, 11) is 0. The normalized spacial score (nSPS) is 15.2. The molecule has 1 N–H and O–H groups in total. The maximum absolute atomic E-state index is 13.3.